The number of ether oxygens (including phenoxy) is 1. The smallest absolute Gasteiger partial charge is 0.124 e. The second-order valence-corrected chi connectivity index (χ2v) is 5.32. The molecule has 0 spiro atoms. The fourth-order valence-electron chi connectivity index (χ4n) is 2.21. The SMILES string of the molecule is CC(N)Cc1c(Cl)cccc1OC1C=CCCC1. The van der Waals surface area contributed by atoms with E-state index < -0.39 is 0 Å². The van der Waals surface area contributed by atoms with Gasteiger partial charge in [-0.25, -0.2) is 0 Å². The van der Waals surface area contributed by atoms with Gasteiger partial charge in [0.15, 0.2) is 0 Å². The Hall–Kier alpha value is -0.990. The number of rotatable bonds is 4. The van der Waals surface area contributed by atoms with Crippen LogP contribution in [0.5, 0.6) is 5.75 Å². The topological polar surface area (TPSA) is 35.2 Å². The lowest BCUT2D eigenvalue weighted by molar-refractivity contribution is 0.227. The number of benzene rings is 1. The molecular weight excluding hydrogens is 246 g/mol. The zero-order chi connectivity index (χ0) is 13.0. The molecule has 18 heavy (non-hydrogen) atoms. The molecule has 0 radical (unpaired) electrons. The zero-order valence-corrected chi connectivity index (χ0v) is 11.5. The molecule has 0 aromatic heterocycles. The fraction of sp³-hybridized carbons (Fsp3) is 0.467. The van der Waals surface area contributed by atoms with Gasteiger partial charge >= 0.3 is 0 Å². The molecule has 1 aliphatic carbocycles. The summed E-state index contributed by atoms with van der Waals surface area (Å²) in [6, 6.07) is 5.87. The van der Waals surface area contributed by atoms with Gasteiger partial charge in [-0.1, -0.05) is 23.7 Å². The summed E-state index contributed by atoms with van der Waals surface area (Å²) >= 11 is 6.24. The fourth-order valence-corrected chi connectivity index (χ4v) is 2.45. The number of allylic oxidation sites excluding steroid dienone is 1. The first-order chi connectivity index (χ1) is 8.66. The summed E-state index contributed by atoms with van der Waals surface area (Å²) in [4.78, 5) is 0. The van der Waals surface area contributed by atoms with Crippen LogP contribution in [-0.4, -0.2) is 12.1 Å². The Bertz CT molecular complexity index is 429. The van der Waals surface area contributed by atoms with Gasteiger partial charge in [-0.05, 0) is 50.8 Å². The molecule has 0 heterocycles. The van der Waals surface area contributed by atoms with E-state index in [1.165, 1.54) is 6.42 Å². The standard InChI is InChI=1S/C15H20ClNO/c1-11(17)10-13-14(16)8-5-9-15(13)18-12-6-3-2-4-7-12/h3,5-6,8-9,11-12H,2,4,7,10,17H2,1H3. The summed E-state index contributed by atoms with van der Waals surface area (Å²) in [7, 11) is 0. The highest BCUT2D eigenvalue weighted by atomic mass is 35.5. The molecule has 3 heteroatoms. The Kier molecular flexibility index (Phi) is 4.67. The van der Waals surface area contributed by atoms with Crippen LogP contribution in [0.1, 0.15) is 31.7 Å². The molecular formula is C15H20ClNO. The van der Waals surface area contributed by atoms with Crippen molar-refractivity contribution in [2.45, 2.75) is 44.8 Å². The van der Waals surface area contributed by atoms with E-state index in [4.69, 9.17) is 22.1 Å². The van der Waals surface area contributed by atoms with Crippen molar-refractivity contribution in [1.82, 2.24) is 0 Å². The van der Waals surface area contributed by atoms with Gasteiger partial charge in [0.25, 0.3) is 0 Å². The van der Waals surface area contributed by atoms with Gasteiger partial charge in [-0.15, -0.1) is 0 Å². The molecule has 1 aromatic carbocycles. The van der Waals surface area contributed by atoms with Crippen LogP contribution >= 0.6 is 11.6 Å². The van der Waals surface area contributed by atoms with Crippen LogP contribution in [0.25, 0.3) is 0 Å². The third-order valence-corrected chi connectivity index (χ3v) is 3.44. The van der Waals surface area contributed by atoms with E-state index in [0.29, 0.717) is 0 Å². The molecule has 2 nitrogen and oxygen atoms in total. The van der Waals surface area contributed by atoms with E-state index >= 15 is 0 Å². The maximum absolute atomic E-state index is 6.24. The van der Waals surface area contributed by atoms with E-state index in [2.05, 4.69) is 12.2 Å². The van der Waals surface area contributed by atoms with Gasteiger partial charge in [-0.2, -0.15) is 0 Å². The maximum atomic E-state index is 6.24. The van der Waals surface area contributed by atoms with Crippen LogP contribution in [0.4, 0.5) is 0 Å². The van der Waals surface area contributed by atoms with Gasteiger partial charge in [0.2, 0.25) is 0 Å². The van der Waals surface area contributed by atoms with Gasteiger partial charge in [0.1, 0.15) is 11.9 Å². The Morgan fingerprint density at radius 3 is 3.00 bits per heavy atom. The van der Waals surface area contributed by atoms with E-state index in [1.807, 2.05) is 25.1 Å². The van der Waals surface area contributed by atoms with E-state index in [0.717, 1.165) is 35.6 Å². The first-order valence-electron chi connectivity index (χ1n) is 6.53. The van der Waals surface area contributed by atoms with E-state index in [1.54, 1.807) is 0 Å². The number of hydrogen-bond acceptors (Lipinski definition) is 2. The minimum Gasteiger partial charge on any atom is -0.486 e. The van der Waals surface area contributed by atoms with Crippen LogP contribution < -0.4 is 10.5 Å². The number of nitrogens with two attached hydrogens (primary N) is 1. The maximum Gasteiger partial charge on any atom is 0.124 e. The third-order valence-electron chi connectivity index (χ3n) is 3.09. The van der Waals surface area contributed by atoms with Crippen molar-refractivity contribution >= 4 is 11.6 Å². The largest absolute Gasteiger partial charge is 0.486 e. The number of halogens is 1. The van der Waals surface area contributed by atoms with Crippen LogP contribution in [0.2, 0.25) is 5.02 Å². The molecule has 0 amide bonds. The Morgan fingerprint density at radius 1 is 1.50 bits per heavy atom. The average Bonchev–Trinajstić information content (AvgIpc) is 2.34. The molecule has 0 saturated heterocycles. The van der Waals surface area contributed by atoms with Crippen molar-refractivity contribution in [3.05, 3.63) is 40.9 Å². The first-order valence-corrected chi connectivity index (χ1v) is 6.91. The second-order valence-electron chi connectivity index (χ2n) is 4.91. The van der Waals surface area contributed by atoms with Crippen LogP contribution in [0.15, 0.2) is 30.4 Å². The highest BCUT2D eigenvalue weighted by Crippen LogP contribution is 2.29. The summed E-state index contributed by atoms with van der Waals surface area (Å²) in [5.74, 6) is 0.872. The molecule has 1 aromatic rings. The van der Waals surface area contributed by atoms with E-state index in [-0.39, 0.29) is 12.1 Å². The van der Waals surface area contributed by atoms with Crippen molar-refractivity contribution in [2.24, 2.45) is 5.73 Å². The summed E-state index contributed by atoms with van der Waals surface area (Å²) < 4.78 is 6.04. The Morgan fingerprint density at radius 2 is 2.33 bits per heavy atom. The van der Waals surface area contributed by atoms with Crippen LogP contribution in [0, 0.1) is 0 Å². The van der Waals surface area contributed by atoms with Gasteiger partial charge in [0.05, 0.1) is 0 Å². The molecule has 0 aliphatic heterocycles. The minimum absolute atomic E-state index is 0.0779. The van der Waals surface area contributed by atoms with Crippen LogP contribution in [-0.2, 0) is 6.42 Å². The highest BCUT2D eigenvalue weighted by molar-refractivity contribution is 6.31. The molecule has 0 bridgehead atoms. The van der Waals surface area contributed by atoms with E-state index in [9.17, 15) is 0 Å². The first kappa shape index (κ1) is 13.4. The van der Waals surface area contributed by atoms with Crippen LogP contribution in [0.3, 0.4) is 0 Å². The Balaban J connectivity index is 2.18. The lowest BCUT2D eigenvalue weighted by Crippen LogP contribution is -2.21. The second kappa shape index (κ2) is 6.26. The Labute approximate surface area is 114 Å². The molecule has 0 saturated carbocycles. The van der Waals surface area contributed by atoms with Gasteiger partial charge in [-0.3, -0.25) is 0 Å². The highest BCUT2D eigenvalue weighted by Gasteiger charge is 2.15. The summed E-state index contributed by atoms with van der Waals surface area (Å²) in [6.45, 7) is 1.98. The quantitative estimate of drug-likeness (QED) is 0.842. The lowest BCUT2D eigenvalue weighted by Gasteiger charge is -2.21. The predicted molar refractivity (Wildman–Crippen MR) is 76.2 cm³/mol. The monoisotopic (exact) mass is 265 g/mol. The summed E-state index contributed by atoms with van der Waals surface area (Å²) in [5, 5.41) is 0.740. The van der Waals surface area contributed by atoms with Crippen molar-refractivity contribution in [2.75, 3.05) is 0 Å². The summed E-state index contributed by atoms with van der Waals surface area (Å²) in [6.07, 6.45) is 8.65. The zero-order valence-electron chi connectivity index (χ0n) is 10.7. The van der Waals surface area contributed by atoms with Crippen molar-refractivity contribution in [3.63, 3.8) is 0 Å². The molecule has 0 fully saturated rings. The molecule has 2 rings (SSSR count). The third kappa shape index (κ3) is 3.50. The van der Waals surface area contributed by atoms with Crippen molar-refractivity contribution < 1.29 is 4.74 Å². The molecule has 98 valence electrons. The summed E-state index contributed by atoms with van der Waals surface area (Å²) in [5.41, 5.74) is 6.89. The molecule has 1 aliphatic rings. The van der Waals surface area contributed by atoms with Crippen molar-refractivity contribution in [1.29, 1.82) is 0 Å². The van der Waals surface area contributed by atoms with Crippen molar-refractivity contribution in [3.8, 4) is 5.75 Å². The molecule has 2 atom stereocenters. The number of hydrogen-bond donors (Lipinski definition) is 1. The normalized spacial score (nSPS) is 20.7. The predicted octanol–water partition coefficient (Wildman–Crippen LogP) is 3.72. The van der Waals surface area contributed by atoms with Gasteiger partial charge in [0, 0.05) is 16.6 Å². The van der Waals surface area contributed by atoms with Gasteiger partial charge < -0.3 is 10.5 Å². The molecule has 2 unspecified atom stereocenters. The minimum atomic E-state index is 0.0779. The lowest BCUT2D eigenvalue weighted by atomic mass is 10.0. The molecule has 2 N–H and O–H groups in total. The average molecular weight is 266 g/mol.